The summed E-state index contributed by atoms with van der Waals surface area (Å²) in [4.78, 5) is 24.0. The van der Waals surface area contributed by atoms with Crippen molar-refractivity contribution in [2.45, 2.75) is 57.1 Å². The molecule has 1 amide bonds. The third kappa shape index (κ3) is 4.92. The monoisotopic (exact) mass is 402 g/mol. The molecule has 0 atom stereocenters. The SMILES string of the molecule is CCOC(=O)c1ccc(NC(=O)CSc2nnc(C3CCCC3)n2CC)cc1. The van der Waals surface area contributed by atoms with Crippen LogP contribution in [0.1, 0.15) is 61.6 Å². The third-order valence-electron chi connectivity index (χ3n) is 4.79. The number of carbonyl (C=O) groups excluding carboxylic acids is 2. The predicted molar refractivity (Wildman–Crippen MR) is 109 cm³/mol. The highest BCUT2D eigenvalue weighted by Crippen LogP contribution is 2.34. The Morgan fingerprint density at radius 2 is 1.89 bits per heavy atom. The van der Waals surface area contributed by atoms with Gasteiger partial charge in [-0.15, -0.1) is 10.2 Å². The number of hydrogen-bond acceptors (Lipinski definition) is 6. The van der Waals surface area contributed by atoms with E-state index >= 15 is 0 Å². The van der Waals surface area contributed by atoms with Gasteiger partial charge in [0.2, 0.25) is 5.91 Å². The molecule has 28 heavy (non-hydrogen) atoms. The number of anilines is 1. The van der Waals surface area contributed by atoms with Gasteiger partial charge in [0.15, 0.2) is 5.16 Å². The van der Waals surface area contributed by atoms with Gasteiger partial charge < -0.3 is 14.6 Å². The normalized spacial score (nSPS) is 14.2. The molecule has 1 aromatic carbocycles. The van der Waals surface area contributed by atoms with E-state index < -0.39 is 0 Å². The molecule has 0 unspecified atom stereocenters. The van der Waals surface area contributed by atoms with E-state index in [0.29, 0.717) is 23.8 Å². The molecular formula is C20H26N4O3S. The Bertz CT molecular complexity index is 813. The molecule has 1 heterocycles. The van der Waals surface area contributed by atoms with Crippen LogP contribution in [0.2, 0.25) is 0 Å². The Hall–Kier alpha value is -2.35. The molecule has 8 heteroatoms. The first-order valence-electron chi connectivity index (χ1n) is 9.75. The van der Waals surface area contributed by atoms with Crippen molar-refractivity contribution in [1.29, 1.82) is 0 Å². The summed E-state index contributed by atoms with van der Waals surface area (Å²) in [6, 6.07) is 6.67. The summed E-state index contributed by atoms with van der Waals surface area (Å²) in [6.45, 7) is 4.98. The summed E-state index contributed by atoms with van der Waals surface area (Å²) in [6.07, 6.45) is 4.85. The second kappa shape index (κ2) is 9.73. The van der Waals surface area contributed by atoms with E-state index in [4.69, 9.17) is 4.74 Å². The zero-order valence-corrected chi connectivity index (χ0v) is 17.1. The van der Waals surface area contributed by atoms with E-state index in [9.17, 15) is 9.59 Å². The Morgan fingerprint density at radius 3 is 2.54 bits per heavy atom. The van der Waals surface area contributed by atoms with Gasteiger partial charge in [-0.1, -0.05) is 24.6 Å². The van der Waals surface area contributed by atoms with Crippen molar-refractivity contribution in [1.82, 2.24) is 14.8 Å². The first-order chi connectivity index (χ1) is 13.6. The van der Waals surface area contributed by atoms with Crippen LogP contribution in [0.4, 0.5) is 5.69 Å². The summed E-state index contributed by atoms with van der Waals surface area (Å²) in [5, 5.41) is 12.3. The number of esters is 1. The average molecular weight is 403 g/mol. The summed E-state index contributed by atoms with van der Waals surface area (Å²) in [7, 11) is 0. The van der Waals surface area contributed by atoms with Gasteiger partial charge in [0.05, 0.1) is 17.9 Å². The predicted octanol–water partition coefficient (Wildman–Crippen LogP) is 3.86. The number of aromatic nitrogens is 3. The minimum Gasteiger partial charge on any atom is -0.462 e. The molecule has 0 radical (unpaired) electrons. The highest BCUT2D eigenvalue weighted by Gasteiger charge is 2.24. The molecule has 1 aromatic heterocycles. The van der Waals surface area contributed by atoms with Crippen LogP contribution >= 0.6 is 11.8 Å². The lowest BCUT2D eigenvalue weighted by molar-refractivity contribution is -0.113. The summed E-state index contributed by atoms with van der Waals surface area (Å²) < 4.78 is 7.08. The van der Waals surface area contributed by atoms with Crippen LogP contribution in [0.25, 0.3) is 0 Å². The molecule has 1 fully saturated rings. The molecule has 1 aliphatic rings. The van der Waals surface area contributed by atoms with Gasteiger partial charge in [-0.25, -0.2) is 4.79 Å². The van der Waals surface area contributed by atoms with E-state index in [1.165, 1.54) is 37.4 Å². The molecular weight excluding hydrogens is 376 g/mol. The first-order valence-corrected chi connectivity index (χ1v) is 10.7. The Labute approximate surface area is 169 Å². The molecule has 7 nitrogen and oxygen atoms in total. The summed E-state index contributed by atoms with van der Waals surface area (Å²) >= 11 is 1.40. The molecule has 150 valence electrons. The summed E-state index contributed by atoms with van der Waals surface area (Å²) in [5.74, 6) is 1.31. The fourth-order valence-electron chi connectivity index (χ4n) is 3.42. The number of ether oxygens (including phenoxy) is 1. The van der Waals surface area contributed by atoms with Crippen LogP contribution in [0.3, 0.4) is 0 Å². The van der Waals surface area contributed by atoms with Crippen LogP contribution in [0.5, 0.6) is 0 Å². The van der Waals surface area contributed by atoms with E-state index in [-0.39, 0.29) is 17.6 Å². The van der Waals surface area contributed by atoms with Crippen LogP contribution in [0, 0.1) is 0 Å². The molecule has 1 saturated carbocycles. The van der Waals surface area contributed by atoms with Crippen LogP contribution in [-0.4, -0.2) is 39.0 Å². The minimum atomic E-state index is -0.368. The molecule has 1 N–H and O–H groups in total. The number of carbonyl (C=O) groups is 2. The quantitative estimate of drug-likeness (QED) is 0.533. The Balaban J connectivity index is 1.55. The minimum absolute atomic E-state index is 0.123. The van der Waals surface area contributed by atoms with Gasteiger partial charge in [0, 0.05) is 18.2 Å². The van der Waals surface area contributed by atoms with Crippen molar-refractivity contribution < 1.29 is 14.3 Å². The number of rotatable bonds is 8. The second-order valence-corrected chi connectivity index (χ2v) is 7.64. The van der Waals surface area contributed by atoms with Crippen LogP contribution in [0.15, 0.2) is 29.4 Å². The zero-order valence-electron chi connectivity index (χ0n) is 16.3. The standard InChI is InChI=1S/C20H26N4O3S/c1-3-24-18(14-7-5-6-8-14)22-23-20(24)28-13-17(25)21-16-11-9-15(10-12-16)19(26)27-4-2/h9-12,14H,3-8,13H2,1-2H3,(H,21,25). The van der Waals surface area contributed by atoms with E-state index in [2.05, 4.69) is 27.0 Å². The molecule has 0 saturated heterocycles. The van der Waals surface area contributed by atoms with Crippen molar-refractivity contribution in [3.05, 3.63) is 35.7 Å². The first kappa shape index (κ1) is 20.4. The lowest BCUT2D eigenvalue weighted by Crippen LogP contribution is -2.15. The van der Waals surface area contributed by atoms with Gasteiger partial charge >= 0.3 is 5.97 Å². The number of amides is 1. The van der Waals surface area contributed by atoms with Gasteiger partial charge in [-0.05, 0) is 51.0 Å². The van der Waals surface area contributed by atoms with Crippen LogP contribution < -0.4 is 5.32 Å². The molecule has 0 bridgehead atoms. The molecule has 3 rings (SSSR count). The molecule has 0 spiro atoms. The van der Waals surface area contributed by atoms with Gasteiger partial charge in [-0.2, -0.15) is 0 Å². The lowest BCUT2D eigenvalue weighted by Gasteiger charge is -2.11. The van der Waals surface area contributed by atoms with Crippen molar-refractivity contribution >= 4 is 29.3 Å². The van der Waals surface area contributed by atoms with Crippen molar-refractivity contribution in [3.8, 4) is 0 Å². The number of hydrogen-bond donors (Lipinski definition) is 1. The summed E-state index contributed by atoms with van der Waals surface area (Å²) in [5.41, 5.74) is 1.10. The zero-order chi connectivity index (χ0) is 19.9. The fourth-order valence-corrected chi connectivity index (χ4v) is 4.23. The third-order valence-corrected chi connectivity index (χ3v) is 5.76. The number of nitrogens with one attached hydrogen (secondary N) is 1. The maximum Gasteiger partial charge on any atom is 0.338 e. The largest absolute Gasteiger partial charge is 0.462 e. The number of nitrogens with zero attached hydrogens (tertiary/aromatic N) is 3. The van der Waals surface area contributed by atoms with E-state index in [1.807, 2.05) is 0 Å². The highest BCUT2D eigenvalue weighted by atomic mass is 32.2. The number of thioether (sulfide) groups is 1. The maximum absolute atomic E-state index is 12.3. The van der Waals surface area contributed by atoms with Crippen molar-refractivity contribution in [2.75, 3.05) is 17.7 Å². The lowest BCUT2D eigenvalue weighted by atomic mass is 10.1. The highest BCUT2D eigenvalue weighted by molar-refractivity contribution is 7.99. The average Bonchev–Trinajstić information content (AvgIpc) is 3.36. The van der Waals surface area contributed by atoms with E-state index in [0.717, 1.165) is 17.5 Å². The van der Waals surface area contributed by atoms with E-state index in [1.54, 1.807) is 31.2 Å². The molecule has 1 aliphatic carbocycles. The van der Waals surface area contributed by atoms with Gasteiger partial charge in [0.1, 0.15) is 5.82 Å². The van der Waals surface area contributed by atoms with Gasteiger partial charge in [0.25, 0.3) is 0 Å². The molecule has 0 aliphatic heterocycles. The van der Waals surface area contributed by atoms with Crippen LogP contribution in [-0.2, 0) is 16.1 Å². The van der Waals surface area contributed by atoms with Crippen molar-refractivity contribution in [3.63, 3.8) is 0 Å². The molecule has 2 aromatic rings. The van der Waals surface area contributed by atoms with Crippen molar-refractivity contribution in [2.24, 2.45) is 0 Å². The second-order valence-electron chi connectivity index (χ2n) is 6.70. The topological polar surface area (TPSA) is 86.1 Å². The maximum atomic E-state index is 12.3. The number of benzene rings is 1. The smallest absolute Gasteiger partial charge is 0.338 e. The fraction of sp³-hybridized carbons (Fsp3) is 0.500. The Morgan fingerprint density at radius 1 is 1.18 bits per heavy atom. The Kier molecular flexibility index (Phi) is 7.08. The van der Waals surface area contributed by atoms with Gasteiger partial charge in [-0.3, -0.25) is 4.79 Å².